The molecule has 0 atom stereocenters. The van der Waals surface area contributed by atoms with Crippen LogP contribution in [0, 0.1) is 6.92 Å². The number of rotatable bonds is 8. The van der Waals surface area contributed by atoms with Crippen LogP contribution >= 0.6 is 0 Å². The van der Waals surface area contributed by atoms with E-state index in [1.54, 1.807) is 55.8 Å². The number of H-pyrrole nitrogens is 1. The van der Waals surface area contributed by atoms with Gasteiger partial charge in [-0.2, -0.15) is 0 Å². The van der Waals surface area contributed by atoms with Crippen molar-refractivity contribution in [2.75, 3.05) is 24.4 Å². The average molecular weight is 450 g/mol. The zero-order valence-corrected chi connectivity index (χ0v) is 18.6. The molecule has 0 saturated heterocycles. The predicted molar refractivity (Wildman–Crippen MR) is 125 cm³/mol. The number of hydrogen-bond acceptors (Lipinski definition) is 5. The number of nitrogens with zero attached hydrogens (tertiary/aromatic N) is 1. The highest BCUT2D eigenvalue weighted by molar-refractivity contribution is 5.94. The van der Waals surface area contributed by atoms with E-state index in [2.05, 4.69) is 25.9 Å². The van der Waals surface area contributed by atoms with E-state index in [4.69, 9.17) is 9.47 Å². The van der Waals surface area contributed by atoms with Gasteiger partial charge in [-0.1, -0.05) is 18.2 Å². The fraction of sp³-hybridized carbons (Fsp3) is 0.292. The van der Waals surface area contributed by atoms with E-state index in [1.807, 2.05) is 13.0 Å². The number of methoxy groups -OCH3 is 1. The van der Waals surface area contributed by atoms with Crippen molar-refractivity contribution < 1.29 is 19.1 Å². The molecule has 1 fully saturated rings. The number of urea groups is 1. The van der Waals surface area contributed by atoms with Gasteiger partial charge in [-0.25, -0.2) is 9.78 Å². The van der Waals surface area contributed by atoms with Crippen molar-refractivity contribution in [2.45, 2.75) is 31.7 Å². The Hall–Kier alpha value is -4.01. The van der Waals surface area contributed by atoms with Gasteiger partial charge in [0, 0.05) is 23.3 Å². The first-order valence-electron chi connectivity index (χ1n) is 10.7. The Balaban J connectivity index is 1.33. The minimum Gasteiger partial charge on any atom is -0.493 e. The molecule has 2 aromatic carbocycles. The first kappa shape index (κ1) is 22.2. The molecule has 0 unspecified atom stereocenters. The molecule has 1 heterocycles. The van der Waals surface area contributed by atoms with Crippen LogP contribution in [0.2, 0.25) is 0 Å². The van der Waals surface area contributed by atoms with Gasteiger partial charge in [0.1, 0.15) is 5.82 Å². The standard InChI is InChI=1S/C24H27N5O4/c1-16-14-25-22(26-16)24(11-6-12-24)29-23(31)28-18-8-5-7-17(13-18)27-21(30)15-33-20-10-4-3-9-19(20)32-2/h3-5,7-10,13-14H,6,11-12,15H2,1-2H3,(H,25,26)(H,27,30)(H2,28,29,31). The Bertz CT molecular complexity index is 1140. The number of amides is 3. The lowest BCUT2D eigenvalue weighted by Gasteiger charge is -2.40. The number of aromatic amines is 1. The van der Waals surface area contributed by atoms with E-state index in [0.29, 0.717) is 22.9 Å². The van der Waals surface area contributed by atoms with Gasteiger partial charge in [-0.15, -0.1) is 0 Å². The summed E-state index contributed by atoms with van der Waals surface area (Å²) in [5, 5.41) is 8.66. The summed E-state index contributed by atoms with van der Waals surface area (Å²) in [6, 6.07) is 13.7. The SMILES string of the molecule is COc1ccccc1OCC(=O)Nc1cccc(NC(=O)NC2(c3ncc(C)[nH]3)CCC2)c1. The van der Waals surface area contributed by atoms with E-state index >= 15 is 0 Å². The van der Waals surface area contributed by atoms with Crippen LogP contribution < -0.4 is 25.4 Å². The topological polar surface area (TPSA) is 117 Å². The van der Waals surface area contributed by atoms with Crippen LogP contribution in [-0.2, 0) is 10.3 Å². The Labute approximate surface area is 191 Å². The van der Waals surface area contributed by atoms with Gasteiger partial charge in [0.15, 0.2) is 18.1 Å². The monoisotopic (exact) mass is 449 g/mol. The van der Waals surface area contributed by atoms with E-state index in [-0.39, 0.29) is 18.5 Å². The third-order valence-electron chi connectivity index (χ3n) is 5.55. The van der Waals surface area contributed by atoms with Crippen LogP contribution in [0.3, 0.4) is 0 Å². The molecule has 1 saturated carbocycles. The second-order valence-corrected chi connectivity index (χ2v) is 8.00. The summed E-state index contributed by atoms with van der Waals surface area (Å²) in [5.41, 5.74) is 1.58. The van der Waals surface area contributed by atoms with Gasteiger partial charge in [-0.3, -0.25) is 4.79 Å². The number of nitrogens with one attached hydrogen (secondary N) is 4. The van der Waals surface area contributed by atoms with Gasteiger partial charge >= 0.3 is 6.03 Å². The van der Waals surface area contributed by atoms with Gasteiger partial charge in [0.25, 0.3) is 5.91 Å². The number of aromatic nitrogens is 2. The largest absolute Gasteiger partial charge is 0.493 e. The first-order valence-corrected chi connectivity index (χ1v) is 10.7. The highest BCUT2D eigenvalue weighted by Crippen LogP contribution is 2.39. The predicted octanol–water partition coefficient (Wildman–Crippen LogP) is 3.95. The molecule has 172 valence electrons. The number of imidazole rings is 1. The van der Waals surface area contributed by atoms with Crippen LogP contribution in [0.1, 0.15) is 30.8 Å². The van der Waals surface area contributed by atoms with E-state index in [9.17, 15) is 9.59 Å². The molecular formula is C24H27N5O4. The maximum Gasteiger partial charge on any atom is 0.320 e. The summed E-state index contributed by atoms with van der Waals surface area (Å²) in [7, 11) is 1.54. The molecule has 4 N–H and O–H groups in total. The van der Waals surface area contributed by atoms with Gasteiger partial charge < -0.3 is 30.4 Å². The van der Waals surface area contributed by atoms with Crippen LogP contribution in [0.5, 0.6) is 11.5 Å². The number of ether oxygens (including phenoxy) is 2. The third kappa shape index (κ3) is 5.25. The summed E-state index contributed by atoms with van der Waals surface area (Å²) in [6.45, 7) is 1.76. The average Bonchev–Trinajstić information content (AvgIpc) is 3.21. The fourth-order valence-corrected chi connectivity index (χ4v) is 3.74. The molecule has 0 aliphatic heterocycles. The molecule has 4 rings (SSSR count). The molecule has 9 heteroatoms. The molecule has 0 bridgehead atoms. The number of aryl methyl sites for hydroxylation is 1. The van der Waals surface area contributed by atoms with Crippen LogP contribution in [0.4, 0.5) is 16.2 Å². The summed E-state index contributed by atoms with van der Waals surface area (Å²) in [6.07, 6.45) is 4.45. The van der Waals surface area contributed by atoms with E-state index in [0.717, 1.165) is 30.8 Å². The molecule has 9 nitrogen and oxygen atoms in total. The summed E-state index contributed by atoms with van der Waals surface area (Å²) in [5.74, 6) is 1.48. The zero-order chi connectivity index (χ0) is 23.3. The van der Waals surface area contributed by atoms with Crippen LogP contribution in [-0.4, -0.2) is 35.6 Å². The molecule has 3 aromatic rings. The van der Waals surface area contributed by atoms with Crippen molar-refractivity contribution in [1.29, 1.82) is 0 Å². The fourth-order valence-electron chi connectivity index (χ4n) is 3.74. The number of para-hydroxylation sites is 2. The molecule has 0 spiro atoms. The van der Waals surface area contributed by atoms with E-state index in [1.165, 1.54) is 0 Å². The molecule has 3 amide bonds. The number of carbonyl (C=O) groups excluding carboxylic acids is 2. The number of benzene rings is 2. The lowest BCUT2D eigenvalue weighted by Crippen LogP contribution is -2.52. The van der Waals surface area contributed by atoms with Crippen molar-refractivity contribution in [3.05, 3.63) is 66.2 Å². The number of carbonyl (C=O) groups is 2. The van der Waals surface area contributed by atoms with Crippen molar-refractivity contribution >= 4 is 23.3 Å². The Morgan fingerprint density at radius 3 is 2.42 bits per heavy atom. The normalized spacial score (nSPS) is 14.0. The van der Waals surface area contributed by atoms with Gasteiger partial charge in [0.05, 0.1) is 12.6 Å². The molecule has 1 aliphatic carbocycles. The molecule has 1 aliphatic rings. The Kier molecular flexibility index (Phi) is 6.48. The molecule has 33 heavy (non-hydrogen) atoms. The maximum absolute atomic E-state index is 12.7. The highest BCUT2D eigenvalue weighted by atomic mass is 16.5. The quantitative estimate of drug-likeness (QED) is 0.415. The van der Waals surface area contributed by atoms with E-state index < -0.39 is 5.54 Å². The minimum atomic E-state index is -0.472. The summed E-state index contributed by atoms with van der Waals surface area (Å²) in [4.78, 5) is 32.6. The summed E-state index contributed by atoms with van der Waals surface area (Å²) >= 11 is 0. The van der Waals surface area contributed by atoms with Gasteiger partial charge in [0.2, 0.25) is 0 Å². The Morgan fingerprint density at radius 2 is 1.79 bits per heavy atom. The summed E-state index contributed by atoms with van der Waals surface area (Å²) < 4.78 is 10.8. The second-order valence-electron chi connectivity index (χ2n) is 8.00. The number of anilines is 2. The van der Waals surface area contributed by atoms with Crippen LogP contribution in [0.25, 0.3) is 0 Å². The minimum absolute atomic E-state index is 0.177. The third-order valence-corrected chi connectivity index (χ3v) is 5.55. The molecule has 1 aromatic heterocycles. The lowest BCUT2D eigenvalue weighted by atomic mass is 9.76. The smallest absolute Gasteiger partial charge is 0.320 e. The maximum atomic E-state index is 12.7. The Morgan fingerprint density at radius 1 is 1.06 bits per heavy atom. The molecular weight excluding hydrogens is 422 g/mol. The number of hydrogen-bond donors (Lipinski definition) is 4. The van der Waals surface area contributed by atoms with Crippen molar-refractivity contribution in [3.63, 3.8) is 0 Å². The highest BCUT2D eigenvalue weighted by Gasteiger charge is 2.42. The van der Waals surface area contributed by atoms with Gasteiger partial charge in [-0.05, 0) is 56.5 Å². The van der Waals surface area contributed by atoms with Crippen molar-refractivity contribution in [2.24, 2.45) is 0 Å². The zero-order valence-electron chi connectivity index (χ0n) is 18.6. The van der Waals surface area contributed by atoms with Crippen molar-refractivity contribution in [3.8, 4) is 11.5 Å². The second kappa shape index (κ2) is 9.64. The lowest BCUT2D eigenvalue weighted by molar-refractivity contribution is -0.118. The van der Waals surface area contributed by atoms with Crippen LogP contribution in [0.15, 0.2) is 54.7 Å². The van der Waals surface area contributed by atoms with Crippen molar-refractivity contribution in [1.82, 2.24) is 15.3 Å². The first-order chi connectivity index (χ1) is 16.0. The molecule has 0 radical (unpaired) electrons.